The number of methoxy groups -OCH3 is 1. The Kier molecular flexibility index (Phi) is 8.06. The fraction of sp³-hybridized carbons (Fsp3) is 0.650. The summed E-state index contributed by atoms with van der Waals surface area (Å²) in [6.07, 6.45) is 3.47. The smallest absolute Gasteiger partial charge is 0.191 e. The molecule has 140 valence electrons. The van der Waals surface area contributed by atoms with E-state index in [4.69, 9.17) is 9.73 Å². The lowest BCUT2D eigenvalue weighted by Gasteiger charge is -2.21. The maximum Gasteiger partial charge on any atom is 0.191 e. The molecule has 1 aliphatic rings. The second-order valence-corrected chi connectivity index (χ2v) is 6.64. The van der Waals surface area contributed by atoms with Gasteiger partial charge in [0.2, 0.25) is 0 Å². The summed E-state index contributed by atoms with van der Waals surface area (Å²) in [6, 6.07) is 6.92. The monoisotopic (exact) mass is 346 g/mol. The minimum Gasteiger partial charge on any atom is -0.496 e. The van der Waals surface area contributed by atoms with Crippen LogP contribution in [0.3, 0.4) is 0 Å². The van der Waals surface area contributed by atoms with Gasteiger partial charge >= 0.3 is 0 Å². The highest BCUT2D eigenvalue weighted by Crippen LogP contribution is 2.20. The van der Waals surface area contributed by atoms with Crippen LogP contribution in [-0.2, 0) is 6.42 Å². The molecular weight excluding hydrogens is 312 g/mol. The van der Waals surface area contributed by atoms with Crippen LogP contribution in [0.25, 0.3) is 0 Å². The van der Waals surface area contributed by atoms with E-state index in [0.29, 0.717) is 6.04 Å². The Hall–Kier alpha value is -1.75. The first-order chi connectivity index (χ1) is 12.2. The number of likely N-dealkylation sites (N-methyl/N-ethyl adjacent to an activating group) is 1. The molecule has 0 bridgehead atoms. The molecule has 1 heterocycles. The van der Waals surface area contributed by atoms with Gasteiger partial charge in [0.05, 0.1) is 13.7 Å². The molecule has 0 spiro atoms. The zero-order valence-electron chi connectivity index (χ0n) is 16.3. The molecule has 0 radical (unpaired) electrons. The molecule has 1 unspecified atom stereocenters. The van der Waals surface area contributed by atoms with Gasteiger partial charge in [0, 0.05) is 19.1 Å². The number of ether oxygens (including phenoxy) is 1. The quantitative estimate of drug-likeness (QED) is 0.561. The molecule has 1 aromatic rings. The average molecular weight is 347 g/mol. The van der Waals surface area contributed by atoms with Crippen LogP contribution >= 0.6 is 0 Å². The Morgan fingerprint density at radius 3 is 2.88 bits per heavy atom. The molecule has 1 fully saturated rings. The van der Waals surface area contributed by atoms with Crippen molar-refractivity contribution in [3.63, 3.8) is 0 Å². The largest absolute Gasteiger partial charge is 0.496 e. The molecule has 0 aromatic heterocycles. The van der Waals surface area contributed by atoms with E-state index >= 15 is 0 Å². The maximum atomic E-state index is 5.47. The summed E-state index contributed by atoms with van der Waals surface area (Å²) in [7, 11) is 1.73. The van der Waals surface area contributed by atoms with Crippen LogP contribution in [0, 0.1) is 6.92 Å². The number of likely N-dealkylation sites (tertiary alicyclic amines) is 1. The minimum absolute atomic E-state index is 0.595. The van der Waals surface area contributed by atoms with Crippen molar-refractivity contribution in [1.29, 1.82) is 0 Å². The highest BCUT2D eigenvalue weighted by Gasteiger charge is 2.22. The van der Waals surface area contributed by atoms with Crippen molar-refractivity contribution >= 4 is 5.96 Å². The lowest BCUT2D eigenvalue weighted by atomic mass is 10.1. The summed E-state index contributed by atoms with van der Waals surface area (Å²) in [5.41, 5.74) is 2.50. The van der Waals surface area contributed by atoms with Crippen molar-refractivity contribution in [3.05, 3.63) is 29.3 Å². The van der Waals surface area contributed by atoms with E-state index < -0.39 is 0 Å². The standard InChI is InChI=1S/C20H34N4O/c1-5-21-20(23-15-18-8-7-13-24(18)6-2)22-12-11-17-14-16(3)9-10-19(17)25-4/h9-10,14,18H,5-8,11-13,15H2,1-4H3,(H2,21,22,23). The molecule has 0 saturated carbocycles. The van der Waals surface area contributed by atoms with Gasteiger partial charge in [-0.3, -0.25) is 9.89 Å². The van der Waals surface area contributed by atoms with Gasteiger partial charge in [-0.25, -0.2) is 0 Å². The summed E-state index contributed by atoms with van der Waals surface area (Å²) in [5.74, 6) is 1.87. The van der Waals surface area contributed by atoms with Crippen molar-refractivity contribution in [2.75, 3.05) is 39.8 Å². The number of aryl methyl sites for hydroxylation is 1. The lowest BCUT2D eigenvalue weighted by molar-refractivity contribution is 0.273. The second-order valence-electron chi connectivity index (χ2n) is 6.64. The lowest BCUT2D eigenvalue weighted by Crippen LogP contribution is -2.40. The van der Waals surface area contributed by atoms with Crippen molar-refractivity contribution in [2.45, 2.75) is 46.1 Å². The van der Waals surface area contributed by atoms with E-state index in [1.807, 2.05) is 6.07 Å². The summed E-state index contributed by atoms with van der Waals surface area (Å²) >= 11 is 0. The molecular formula is C20H34N4O. The number of benzene rings is 1. The number of hydrogen-bond acceptors (Lipinski definition) is 3. The summed E-state index contributed by atoms with van der Waals surface area (Å²) in [4.78, 5) is 7.34. The van der Waals surface area contributed by atoms with Crippen LogP contribution in [-0.4, -0.2) is 56.7 Å². The predicted molar refractivity (Wildman–Crippen MR) is 106 cm³/mol. The van der Waals surface area contributed by atoms with Gasteiger partial charge in [-0.05, 0) is 57.8 Å². The number of aliphatic imine (C=N–C) groups is 1. The Balaban J connectivity index is 1.89. The normalized spacial score (nSPS) is 18.4. The van der Waals surface area contributed by atoms with Crippen molar-refractivity contribution in [3.8, 4) is 5.75 Å². The molecule has 5 heteroatoms. The van der Waals surface area contributed by atoms with E-state index in [1.165, 1.54) is 30.5 Å². The first-order valence-corrected chi connectivity index (χ1v) is 9.57. The van der Waals surface area contributed by atoms with E-state index in [-0.39, 0.29) is 0 Å². The molecule has 0 aliphatic carbocycles. The topological polar surface area (TPSA) is 48.9 Å². The van der Waals surface area contributed by atoms with Crippen LogP contribution in [0.15, 0.2) is 23.2 Å². The van der Waals surface area contributed by atoms with Crippen LogP contribution in [0.1, 0.15) is 37.8 Å². The van der Waals surface area contributed by atoms with E-state index in [1.54, 1.807) is 7.11 Å². The second kappa shape index (κ2) is 10.3. The van der Waals surface area contributed by atoms with E-state index in [9.17, 15) is 0 Å². The van der Waals surface area contributed by atoms with Crippen LogP contribution < -0.4 is 15.4 Å². The Labute approximate surface area is 152 Å². The van der Waals surface area contributed by atoms with Gasteiger partial charge in [-0.2, -0.15) is 0 Å². The number of nitrogens with zero attached hydrogens (tertiary/aromatic N) is 2. The SMILES string of the molecule is CCNC(=NCC1CCCN1CC)NCCc1cc(C)ccc1OC. The molecule has 1 saturated heterocycles. The minimum atomic E-state index is 0.595. The van der Waals surface area contributed by atoms with Gasteiger partial charge in [0.25, 0.3) is 0 Å². The van der Waals surface area contributed by atoms with E-state index in [0.717, 1.165) is 44.3 Å². The van der Waals surface area contributed by atoms with Crippen LogP contribution in [0.5, 0.6) is 5.75 Å². The van der Waals surface area contributed by atoms with Gasteiger partial charge in [0.15, 0.2) is 5.96 Å². The molecule has 2 rings (SSSR count). The number of hydrogen-bond donors (Lipinski definition) is 2. The third kappa shape index (κ3) is 5.92. The average Bonchev–Trinajstić information content (AvgIpc) is 3.07. The number of guanidine groups is 1. The summed E-state index contributed by atoms with van der Waals surface area (Å²) in [5, 5.41) is 6.82. The maximum absolute atomic E-state index is 5.47. The van der Waals surface area contributed by atoms with Crippen molar-refractivity contribution in [1.82, 2.24) is 15.5 Å². The highest BCUT2D eigenvalue weighted by atomic mass is 16.5. The zero-order valence-corrected chi connectivity index (χ0v) is 16.3. The Morgan fingerprint density at radius 2 is 2.16 bits per heavy atom. The first kappa shape index (κ1) is 19.6. The molecule has 1 atom stereocenters. The predicted octanol–water partition coefficient (Wildman–Crippen LogP) is 2.59. The third-order valence-corrected chi connectivity index (χ3v) is 4.83. The number of nitrogens with one attached hydrogen (secondary N) is 2. The van der Waals surface area contributed by atoms with E-state index in [2.05, 4.69) is 48.4 Å². The molecule has 1 aromatic carbocycles. The summed E-state index contributed by atoms with van der Waals surface area (Å²) in [6.45, 7) is 11.4. The third-order valence-electron chi connectivity index (χ3n) is 4.83. The fourth-order valence-corrected chi connectivity index (χ4v) is 3.47. The molecule has 1 aliphatic heterocycles. The van der Waals surface area contributed by atoms with Gasteiger partial charge < -0.3 is 15.4 Å². The van der Waals surface area contributed by atoms with Crippen molar-refractivity contribution in [2.24, 2.45) is 4.99 Å². The number of rotatable bonds is 8. The van der Waals surface area contributed by atoms with Gasteiger partial charge in [0.1, 0.15) is 5.75 Å². The Bertz CT molecular complexity index is 559. The zero-order chi connectivity index (χ0) is 18.1. The summed E-state index contributed by atoms with van der Waals surface area (Å²) < 4.78 is 5.47. The Morgan fingerprint density at radius 1 is 1.32 bits per heavy atom. The molecule has 2 N–H and O–H groups in total. The molecule has 25 heavy (non-hydrogen) atoms. The highest BCUT2D eigenvalue weighted by molar-refractivity contribution is 5.79. The van der Waals surface area contributed by atoms with Gasteiger partial charge in [-0.15, -0.1) is 0 Å². The molecule has 5 nitrogen and oxygen atoms in total. The van der Waals surface area contributed by atoms with Crippen LogP contribution in [0.2, 0.25) is 0 Å². The van der Waals surface area contributed by atoms with Crippen molar-refractivity contribution < 1.29 is 4.74 Å². The van der Waals surface area contributed by atoms with Crippen LogP contribution in [0.4, 0.5) is 0 Å². The molecule has 0 amide bonds. The first-order valence-electron chi connectivity index (χ1n) is 9.57. The van der Waals surface area contributed by atoms with Gasteiger partial charge in [-0.1, -0.05) is 24.6 Å². The fourth-order valence-electron chi connectivity index (χ4n) is 3.47.